The largest absolute Gasteiger partial charge is 0.468 e. The van der Waals surface area contributed by atoms with Gasteiger partial charge in [-0.3, -0.25) is 9.69 Å². The van der Waals surface area contributed by atoms with Crippen molar-refractivity contribution in [1.29, 1.82) is 0 Å². The summed E-state index contributed by atoms with van der Waals surface area (Å²) in [6, 6.07) is 6.94. The van der Waals surface area contributed by atoms with Gasteiger partial charge >= 0.3 is 5.97 Å². The van der Waals surface area contributed by atoms with Crippen LogP contribution in [-0.4, -0.2) is 53.2 Å². The molecule has 1 saturated carbocycles. The van der Waals surface area contributed by atoms with E-state index in [4.69, 9.17) is 9.72 Å². The first-order chi connectivity index (χ1) is 12.1. The minimum Gasteiger partial charge on any atom is -0.468 e. The number of methoxy groups -OCH3 is 1. The van der Waals surface area contributed by atoms with E-state index in [-0.39, 0.29) is 5.97 Å². The number of anilines is 1. The van der Waals surface area contributed by atoms with Gasteiger partial charge < -0.3 is 14.6 Å². The Labute approximate surface area is 148 Å². The third kappa shape index (κ3) is 3.49. The van der Waals surface area contributed by atoms with Gasteiger partial charge in [-0.2, -0.15) is 0 Å². The third-order valence-corrected chi connectivity index (χ3v) is 5.40. The number of nitrogens with zero attached hydrogens (tertiary/aromatic N) is 3. The standard InChI is InChI=1S/C19H26N4O2/c1-22-17-6-5-15(11-16(17)21-19(22)13-3-4-13)20-14-7-9-23(10-8-14)12-18(24)25-2/h5-6,11,13-14,20H,3-4,7-10,12H2,1-2H3. The van der Waals surface area contributed by atoms with E-state index >= 15 is 0 Å². The van der Waals surface area contributed by atoms with Crippen molar-refractivity contribution in [3.05, 3.63) is 24.0 Å². The van der Waals surface area contributed by atoms with Crippen molar-refractivity contribution in [2.75, 3.05) is 32.1 Å². The van der Waals surface area contributed by atoms with E-state index in [1.165, 1.54) is 31.3 Å². The van der Waals surface area contributed by atoms with Crippen LogP contribution in [0.1, 0.15) is 37.4 Å². The number of fused-ring (bicyclic) bond motifs is 1. The highest BCUT2D eigenvalue weighted by atomic mass is 16.5. The molecule has 6 heteroatoms. The van der Waals surface area contributed by atoms with E-state index in [0.717, 1.165) is 37.1 Å². The second kappa shape index (κ2) is 6.67. The highest BCUT2D eigenvalue weighted by Crippen LogP contribution is 2.40. The van der Waals surface area contributed by atoms with Gasteiger partial charge in [0.05, 0.1) is 24.7 Å². The lowest BCUT2D eigenvalue weighted by molar-refractivity contribution is -0.142. The van der Waals surface area contributed by atoms with Gasteiger partial charge in [0.15, 0.2) is 0 Å². The number of imidazole rings is 1. The number of aryl methyl sites for hydroxylation is 1. The number of carbonyl (C=O) groups excluding carboxylic acids is 1. The summed E-state index contributed by atoms with van der Waals surface area (Å²) in [5, 5.41) is 3.64. The molecule has 1 aromatic heterocycles. The van der Waals surface area contributed by atoms with Crippen LogP contribution in [0.4, 0.5) is 5.69 Å². The summed E-state index contributed by atoms with van der Waals surface area (Å²) in [4.78, 5) is 18.4. The molecule has 1 aliphatic carbocycles. The van der Waals surface area contributed by atoms with Crippen LogP contribution in [0.3, 0.4) is 0 Å². The zero-order chi connectivity index (χ0) is 17.4. The van der Waals surface area contributed by atoms with E-state index in [1.54, 1.807) is 0 Å². The fourth-order valence-corrected chi connectivity index (χ4v) is 3.73. The number of aromatic nitrogens is 2. The van der Waals surface area contributed by atoms with Gasteiger partial charge in [0.25, 0.3) is 0 Å². The molecule has 6 nitrogen and oxygen atoms in total. The van der Waals surface area contributed by atoms with Crippen molar-refractivity contribution in [3.8, 4) is 0 Å². The summed E-state index contributed by atoms with van der Waals surface area (Å²) < 4.78 is 6.98. The number of likely N-dealkylation sites (tertiary alicyclic amines) is 1. The van der Waals surface area contributed by atoms with Crippen LogP contribution < -0.4 is 5.32 Å². The smallest absolute Gasteiger partial charge is 0.319 e. The molecule has 134 valence electrons. The van der Waals surface area contributed by atoms with Gasteiger partial charge in [-0.1, -0.05) is 0 Å². The van der Waals surface area contributed by atoms with E-state index in [9.17, 15) is 4.79 Å². The Balaban J connectivity index is 1.39. The zero-order valence-corrected chi connectivity index (χ0v) is 15.0. The Morgan fingerprint density at radius 3 is 2.72 bits per heavy atom. The summed E-state index contributed by atoms with van der Waals surface area (Å²) in [5.74, 6) is 1.73. The second-order valence-corrected chi connectivity index (χ2v) is 7.28. The monoisotopic (exact) mass is 342 g/mol. The maximum atomic E-state index is 11.4. The lowest BCUT2D eigenvalue weighted by Crippen LogP contribution is -2.41. The molecule has 1 N–H and O–H groups in total. The van der Waals surface area contributed by atoms with Crippen molar-refractivity contribution >= 4 is 22.7 Å². The molecule has 1 saturated heterocycles. The van der Waals surface area contributed by atoms with Crippen LogP contribution in [0.15, 0.2) is 18.2 Å². The van der Waals surface area contributed by atoms with Crippen molar-refractivity contribution in [2.45, 2.75) is 37.6 Å². The first-order valence-electron chi connectivity index (χ1n) is 9.16. The maximum absolute atomic E-state index is 11.4. The highest BCUT2D eigenvalue weighted by molar-refractivity contribution is 5.80. The number of ether oxygens (including phenoxy) is 1. The lowest BCUT2D eigenvalue weighted by atomic mass is 10.0. The van der Waals surface area contributed by atoms with Gasteiger partial charge in [-0.25, -0.2) is 4.98 Å². The number of hydrogen-bond acceptors (Lipinski definition) is 5. The average Bonchev–Trinajstić information content (AvgIpc) is 3.41. The second-order valence-electron chi connectivity index (χ2n) is 7.28. The molecule has 25 heavy (non-hydrogen) atoms. The molecule has 0 radical (unpaired) electrons. The summed E-state index contributed by atoms with van der Waals surface area (Å²) in [5.41, 5.74) is 3.43. The van der Waals surface area contributed by atoms with Crippen LogP contribution in [0, 0.1) is 0 Å². The van der Waals surface area contributed by atoms with Crippen LogP contribution in [0.2, 0.25) is 0 Å². The zero-order valence-electron chi connectivity index (χ0n) is 15.0. The molecular weight excluding hydrogens is 316 g/mol. The van der Waals surface area contributed by atoms with E-state index < -0.39 is 0 Å². The number of rotatable bonds is 5. The van der Waals surface area contributed by atoms with Gasteiger partial charge in [0.1, 0.15) is 5.82 Å². The van der Waals surface area contributed by atoms with E-state index in [2.05, 4.69) is 40.0 Å². The van der Waals surface area contributed by atoms with E-state index in [1.807, 2.05) is 0 Å². The van der Waals surface area contributed by atoms with Gasteiger partial charge in [-0.05, 0) is 43.9 Å². The number of piperidine rings is 1. The average molecular weight is 342 g/mol. The molecule has 1 aromatic carbocycles. The molecular formula is C19H26N4O2. The molecule has 4 rings (SSSR count). The number of esters is 1. The summed E-state index contributed by atoms with van der Waals surface area (Å²) in [7, 11) is 3.56. The Kier molecular flexibility index (Phi) is 4.37. The van der Waals surface area contributed by atoms with Crippen molar-refractivity contribution in [3.63, 3.8) is 0 Å². The normalized spacial score (nSPS) is 19.3. The molecule has 2 heterocycles. The number of hydrogen-bond donors (Lipinski definition) is 1. The molecule has 0 bridgehead atoms. The summed E-state index contributed by atoms with van der Waals surface area (Å²) in [6.45, 7) is 2.24. The summed E-state index contributed by atoms with van der Waals surface area (Å²) >= 11 is 0. The van der Waals surface area contributed by atoms with Crippen LogP contribution in [0.5, 0.6) is 0 Å². The first kappa shape index (κ1) is 16.4. The van der Waals surface area contributed by atoms with Crippen LogP contribution in [0.25, 0.3) is 11.0 Å². The maximum Gasteiger partial charge on any atom is 0.319 e. The lowest BCUT2D eigenvalue weighted by Gasteiger charge is -2.32. The van der Waals surface area contributed by atoms with Gasteiger partial charge in [-0.15, -0.1) is 0 Å². The van der Waals surface area contributed by atoms with Crippen molar-refractivity contribution < 1.29 is 9.53 Å². The third-order valence-electron chi connectivity index (χ3n) is 5.40. The van der Waals surface area contributed by atoms with Crippen LogP contribution >= 0.6 is 0 Å². The molecule has 0 atom stereocenters. The topological polar surface area (TPSA) is 59.4 Å². The molecule has 1 aliphatic heterocycles. The molecule has 0 amide bonds. The predicted molar refractivity (Wildman–Crippen MR) is 97.8 cm³/mol. The van der Waals surface area contributed by atoms with Crippen molar-refractivity contribution in [2.24, 2.45) is 7.05 Å². The quantitative estimate of drug-likeness (QED) is 0.846. The minimum absolute atomic E-state index is 0.154. The van der Waals surface area contributed by atoms with E-state index in [0.29, 0.717) is 18.5 Å². The first-order valence-corrected chi connectivity index (χ1v) is 9.16. The molecule has 2 aliphatic rings. The fourth-order valence-electron chi connectivity index (χ4n) is 3.73. The Morgan fingerprint density at radius 2 is 2.04 bits per heavy atom. The van der Waals surface area contributed by atoms with Gasteiger partial charge in [0, 0.05) is 37.8 Å². The number of carbonyl (C=O) groups is 1. The molecule has 2 fully saturated rings. The fraction of sp³-hybridized carbons (Fsp3) is 0.579. The minimum atomic E-state index is -0.154. The number of nitrogens with one attached hydrogen (secondary N) is 1. The number of benzene rings is 1. The predicted octanol–water partition coefficient (Wildman–Crippen LogP) is 2.50. The summed E-state index contributed by atoms with van der Waals surface area (Å²) in [6.07, 6.45) is 4.61. The Morgan fingerprint density at radius 1 is 1.28 bits per heavy atom. The van der Waals surface area contributed by atoms with Crippen molar-refractivity contribution in [1.82, 2.24) is 14.5 Å². The Hall–Kier alpha value is -2.08. The SMILES string of the molecule is COC(=O)CN1CCC(Nc2ccc3c(c2)nc(C2CC2)n3C)CC1. The molecule has 2 aromatic rings. The molecule has 0 unspecified atom stereocenters. The Bertz CT molecular complexity index is 773. The highest BCUT2D eigenvalue weighted by Gasteiger charge is 2.28. The van der Waals surface area contributed by atoms with Gasteiger partial charge in [0.2, 0.25) is 0 Å². The van der Waals surface area contributed by atoms with Crippen LogP contribution in [-0.2, 0) is 16.6 Å². The molecule has 0 spiro atoms.